The minimum Gasteiger partial charge on any atom is -0.355 e. The second-order valence-electron chi connectivity index (χ2n) is 8.11. The first-order chi connectivity index (χ1) is 15.4. The summed E-state index contributed by atoms with van der Waals surface area (Å²) in [7, 11) is -3.65. The first-order valence-corrected chi connectivity index (χ1v) is 12.3. The number of carbonyl (C=O) groups excluding carboxylic acids is 1. The summed E-state index contributed by atoms with van der Waals surface area (Å²) >= 11 is 0. The molecule has 1 aliphatic rings. The van der Waals surface area contributed by atoms with E-state index in [4.69, 9.17) is 0 Å². The van der Waals surface area contributed by atoms with Crippen molar-refractivity contribution in [2.75, 3.05) is 39.3 Å². The normalized spacial score (nSPS) is 15.7. The van der Waals surface area contributed by atoms with Crippen LogP contribution in [0.15, 0.2) is 65.7 Å². The Labute approximate surface area is 189 Å². The molecule has 0 bridgehead atoms. The van der Waals surface area contributed by atoms with Crippen LogP contribution in [0.3, 0.4) is 0 Å². The Kier molecular flexibility index (Phi) is 6.83. The molecule has 7 nitrogen and oxygen atoms in total. The number of rotatable bonds is 7. The molecule has 1 N–H and O–H groups in total. The number of aromatic nitrogens is 1. The van der Waals surface area contributed by atoms with Crippen molar-refractivity contribution >= 4 is 26.8 Å². The van der Waals surface area contributed by atoms with E-state index in [0.717, 1.165) is 17.4 Å². The predicted molar refractivity (Wildman–Crippen MR) is 125 cm³/mol. The zero-order chi connectivity index (χ0) is 22.6. The van der Waals surface area contributed by atoms with Gasteiger partial charge in [0.25, 0.3) is 0 Å². The van der Waals surface area contributed by atoms with Gasteiger partial charge in [0.1, 0.15) is 4.90 Å². The van der Waals surface area contributed by atoms with Gasteiger partial charge in [-0.15, -0.1) is 0 Å². The molecule has 32 heavy (non-hydrogen) atoms. The van der Waals surface area contributed by atoms with E-state index < -0.39 is 10.0 Å². The van der Waals surface area contributed by atoms with Gasteiger partial charge in [-0.3, -0.25) is 14.7 Å². The molecule has 8 heteroatoms. The van der Waals surface area contributed by atoms with Crippen LogP contribution >= 0.6 is 0 Å². The van der Waals surface area contributed by atoms with Crippen LogP contribution in [0.5, 0.6) is 0 Å². The summed E-state index contributed by atoms with van der Waals surface area (Å²) in [4.78, 5) is 18.9. The zero-order valence-electron chi connectivity index (χ0n) is 18.2. The Morgan fingerprint density at radius 1 is 1.03 bits per heavy atom. The van der Waals surface area contributed by atoms with Crippen LogP contribution in [-0.2, 0) is 21.2 Å². The van der Waals surface area contributed by atoms with Crippen LogP contribution in [0, 0.1) is 6.92 Å². The summed E-state index contributed by atoms with van der Waals surface area (Å²) in [6.45, 7) is 4.53. The first-order valence-electron chi connectivity index (χ1n) is 10.8. The van der Waals surface area contributed by atoms with Gasteiger partial charge < -0.3 is 5.32 Å². The number of carbonyl (C=O) groups is 1. The monoisotopic (exact) mass is 452 g/mol. The number of pyridine rings is 1. The molecule has 1 fully saturated rings. The summed E-state index contributed by atoms with van der Waals surface area (Å²) in [5.74, 6) is -0.0362. The predicted octanol–water partition coefficient (Wildman–Crippen LogP) is 2.21. The fourth-order valence-electron chi connectivity index (χ4n) is 3.97. The lowest BCUT2D eigenvalue weighted by molar-refractivity contribution is -0.122. The van der Waals surface area contributed by atoms with Crippen molar-refractivity contribution in [1.82, 2.24) is 19.5 Å². The van der Waals surface area contributed by atoms with E-state index in [1.54, 1.807) is 18.3 Å². The molecule has 1 amide bonds. The lowest BCUT2D eigenvalue weighted by Gasteiger charge is -2.33. The SMILES string of the molecule is Cc1cnc2c(S(=O)(=O)N3CCN(CC(=O)NCCc4ccccc4)CC3)cccc2c1. The molecule has 1 aliphatic heterocycles. The van der Waals surface area contributed by atoms with Gasteiger partial charge in [0.15, 0.2) is 0 Å². The van der Waals surface area contributed by atoms with Crippen molar-refractivity contribution in [2.24, 2.45) is 0 Å². The van der Waals surface area contributed by atoms with Crippen molar-refractivity contribution in [3.05, 3.63) is 71.9 Å². The van der Waals surface area contributed by atoms with E-state index in [-0.39, 0.29) is 17.3 Å². The zero-order valence-corrected chi connectivity index (χ0v) is 19.0. The molecule has 3 aromatic rings. The lowest BCUT2D eigenvalue weighted by Crippen LogP contribution is -2.51. The van der Waals surface area contributed by atoms with E-state index in [9.17, 15) is 13.2 Å². The summed E-state index contributed by atoms with van der Waals surface area (Å²) in [5, 5.41) is 3.77. The maximum absolute atomic E-state index is 13.3. The van der Waals surface area contributed by atoms with E-state index in [2.05, 4.69) is 10.3 Å². The van der Waals surface area contributed by atoms with Crippen LogP contribution < -0.4 is 5.32 Å². The summed E-state index contributed by atoms with van der Waals surface area (Å²) < 4.78 is 28.1. The second-order valence-corrected chi connectivity index (χ2v) is 10.0. The van der Waals surface area contributed by atoms with Crippen molar-refractivity contribution < 1.29 is 13.2 Å². The highest BCUT2D eigenvalue weighted by atomic mass is 32.2. The summed E-state index contributed by atoms with van der Waals surface area (Å²) in [6.07, 6.45) is 2.48. The van der Waals surface area contributed by atoms with Crippen molar-refractivity contribution in [3.8, 4) is 0 Å². The molecule has 0 saturated carbocycles. The van der Waals surface area contributed by atoms with Gasteiger partial charge in [0, 0.05) is 44.3 Å². The minimum atomic E-state index is -3.65. The van der Waals surface area contributed by atoms with E-state index in [0.29, 0.717) is 38.2 Å². The Bertz CT molecular complexity index is 1190. The van der Waals surface area contributed by atoms with E-state index in [1.807, 2.05) is 54.3 Å². The van der Waals surface area contributed by atoms with E-state index >= 15 is 0 Å². The molecular weight excluding hydrogens is 424 g/mol. The number of hydrogen-bond acceptors (Lipinski definition) is 5. The molecule has 0 atom stereocenters. The van der Waals surface area contributed by atoms with Crippen molar-refractivity contribution in [1.29, 1.82) is 0 Å². The topological polar surface area (TPSA) is 82.6 Å². The molecular formula is C24H28N4O3S. The fraction of sp³-hybridized carbons (Fsp3) is 0.333. The van der Waals surface area contributed by atoms with Crippen LogP contribution in [0.1, 0.15) is 11.1 Å². The van der Waals surface area contributed by atoms with E-state index in [1.165, 1.54) is 9.87 Å². The third kappa shape index (κ3) is 5.15. The smallest absolute Gasteiger partial charge is 0.245 e. The quantitative estimate of drug-likeness (QED) is 0.594. The van der Waals surface area contributed by atoms with Crippen LogP contribution in [0.2, 0.25) is 0 Å². The van der Waals surface area contributed by atoms with Gasteiger partial charge in [-0.05, 0) is 36.6 Å². The second kappa shape index (κ2) is 9.77. The largest absolute Gasteiger partial charge is 0.355 e. The number of sulfonamides is 1. The number of hydrogen-bond donors (Lipinski definition) is 1. The number of fused-ring (bicyclic) bond motifs is 1. The van der Waals surface area contributed by atoms with Crippen LogP contribution in [0.4, 0.5) is 0 Å². The Morgan fingerprint density at radius 2 is 1.78 bits per heavy atom. The van der Waals surface area contributed by atoms with Gasteiger partial charge in [0.2, 0.25) is 15.9 Å². The van der Waals surface area contributed by atoms with Gasteiger partial charge in [-0.25, -0.2) is 8.42 Å². The molecule has 0 unspecified atom stereocenters. The number of aryl methyl sites for hydroxylation is 1. The average Bonchev–Trinajstić information content (AvgIpc) is 2.79. The molecule has 0 aliphatic carbocycles. The van der Waals surface area contributed by atoms with Gasteiger partial charge in [-0.1, -0.05) is 42.5 Å². The maximum Gasteiger partial charge on any atom is 0.245 e. The summed E-state index contributed by atoms with van der Waals surface area (Å²) in [6, 6.07) is 17.2. The molecule has 1 aromatic heterocycles. The molecule has 2 aromatic carbocycles. The standard InChI is InChI=1S/C24H28N4O3S/c1-19-16-21-8-5-9-22(24(21)26-17-19)32(30,31)28-14-12-27(13-15-28)18-23(29)25-11-10-20-6-3-2-4-7-20/h2-9,16-17H,10-15,18H2,1H3,(H,25,29). The van der Waals surface area contributed by atoms with Gasteiger partial charge in [-0.2, -0.15) is 4.31 Å². The average molecular weight is 453 g/mol. The number of amides is 1. The molecule has 2 heterocycles. The van der Waals surface area contributed by atoms with Crippen molar-refractivity contribution in [2.45, 2.75) is 18.2 Å². The number of benzene rings is 2. The highest BCUT2D eigenvalue weighted by Crippen LogP contribution is 2.25. The number of piperazine rings is 1. The van der Waals surface area contributed by atoms with Gasteiger partial charge in [0.05, 0.1) is 12.1 Å². The third-order valence-corrected chi connectivity index (χ3v) is 7.64. The van der Waals surface area contributed by atoms with Crippen molar-refractivity contribution in [3.63, 3.8) is 0 Å². The Hall–Kier alpha value is -2.81. The Balaban J connectivity index is 1.32. The third-order valence-electron chi connectivity index (χ3n) is 5.71. The Morgan fingerprint density at radius 3 is 2.53 bits per heavy atom. The molecule has 0 spiro atoms. The molecule has 1 saturated heterocycles. The highest BCUT2D eigenvalue weighted by molar-refractivity contribution is 7.89. The minimum absolute atomic E-state index is 0.0362. The number of para-hydroxylation sites is 1. The summed E-state index contributed by atoms with van der Waals surface area (Å²) in [5.41, 5.74) is 2.67. The molecule has 0 radical (unpaired) electrons. The lowest BCUT2D eigenvalue weighted by atomic mass is 10.1. The highest BCUT2D eigenvalue weighted by Gasteiger charge is 2.30. The maximum atomic E-state index is 13.3. The van der Waals surface area contributed by atoms with Gasteiger partial charge >= 0.3 is 0 Å². The molecule has 168 valence electrons. The number of nitrogens with one attached hydrogen (secondary N) is 1. The fourth-order valence-corrected chi connectivity index (χ4v) is 5.56. The van der Waals surface area contributed by atoms with Crippen LogP contribution in [-0.4, -0.2) is 67.8 Å². The van der Waals surface area contributed by atoms with Crippen LogP contribution in [0.25, 0.3) is 10.9 Å². The number of nitrogens with zero attached hydrogens (tertiary/aromatic N) is 3. The first kappa shape index (κ1) is 22.4. The molecule has 4 rings (SSSR count).